The average molecular weight is 271 g/mol. The smallest absolute Gasteiger partial charge is 0.234 e. The van der Waals surface area contributed by atoms with Crippen molar-refractivity contribution in [3.63, 3.8) is 0 Å². The van der Waals surface area contributed by atoms with Crippen LogP contribution in [0.2, 0.25) is 0 Å². The second kappa shape index (κ2) is 7.82. The fourth-order valence-corrected chi connectivity index (χ4v) is 2.05. The van der Waals surface area contributed by atoms with Crippen LogP contribution in [0.3, 0.4) is 0 Å². The van der Waals surface area contributed by atoms with E-state index in [1.165, 1.54) is 0 Å². The van der Waals surface area contributed by atoms with Crippen LogP contribution in [-0.4, -0.2) is 61.8 Å². The highest BCUT2D eigenvalue weighted by Gasteiger charge is 2.20. The largest absolute Gasteiger partial charge is 0.374 e. The number of rotatable bonds is 7. The molecular weight excluding hydrogens is 242 g/mol. The molecule has 1 fully saturated rings. The zero-order valence-corrected chi connectivity index (χ0v) is 12.8. The molecule has 0 aromatic heterocycles. The summed E-state index contributed by atoms with van der Waals surface area (Å²) < 4.78 is 5.68. The number of nitrogens with one attached hydrogen (secondary N) is 2. The third-order valence-electron chi connectivity index (χ3n) is 3.69. The molecule has 0 spiro atoms. The summed E-state index contributed by atoms with van der Waals surface area (Å²) in [6.07, 6.45) is 1.12. The van der Waals surface area contributed by atoms with Gasteiger partial charge in [-0.3, -0.25) is 9.69 Å². The van der Waals surface area contributed by atoms with Gasteiger partial charge in [0.15, 0.2) is 0 Å². The molecular formula is C14H29N3O2. The van der Waals surface area contributed by atoms with Crippen molar-refractivity contribution < 1.29 is 9.53 Å². The fourth-order valence-electron chi connectivity index (χ4n) is 2.05. The molecule has 112 valence electrons. The minimum absolute atomic E-state index is 0.0509. The summed E-state index contributed by atoms with van der Waals surface area (Å²) in [4.78, 5) is 14.1. The zero-order chi connectivity index (χ0) is 14.3. The van der Waals surface area contributed by atoms with Crippen LogP contribution < -0.4 is 10.6 Å². The summed E-state index contributed by atoms with van der Waals surface area (Å²) in [6.45, 7) is 13.2. The molecule has 1 aliphatic heterocycles. The van der Waals surface area contributed by atoms with Gasteiger partial charge in [-0.25, -0.2) is 0 Å². The summed E-state index contributed by atoms with van der Waals surface area (Å²) in [6, 6.07) is 0. The molecule has 5 heteroatoms. The molecule has 2 N–H and O–H groups in total. The minimum Gasteiger partial charge on any atom is -0.374 e. The van der Waals surface area contributed by atoms with Gasteiger partial charge in [-0.2, -0.15) is 0 Å². The van der Waals surface area contributed by atoms with E-state index in [9.17, 15) is 4.79 Å². The quantitative estimate of drug-likeness (QED) is 0.712. The fraction of sp³-hybridized carbons (Fsp3) is 0.929. The molecule has 0 radical (unpaired) electrons. The van der Waals surface area contributed by atoms with Crippen LogP contribution in [0.4, 0.5) is 0 Å². The van der Waals surface area contributed by atoms with E-state index in [4.69, 9.17) is 4.74 Å². The third-order valence-corrected chi connectivity index (χ3v) is 3.69. The summed E-state index contributed by atoms with van der Waals surface area (Å²) in [7, 11) is 0. The van der Waals surface area contributed by atoms with Crippen LogP contribution in [0.5, 0.6) is 0 Å². The van der Waals surface area contributed by atoms with Crippen LogP contribution in [0.25, 0.3) is 0 Å². The van der Waals surface area contributed by atoms with Gasteiger partial charge in [0.05, 0.1) is 19.3 Å². The molecule has 19 heavy (non-hydrogen) atoms. The minimum atomic E-state index is -0.126. The van der Waals surface area contributed by atoms with Crippen molar-refractivity contribution in [2.24, 2.45) is 0 Å². The molecule has 0 saturated carbocycles. The monoisotopic (exact) mass is 271 g/mol. The lowest BCUT2D eigenvalue weighted by Gasteiger charge is -2.32. The summed E-state index contributed by atoms with van der Waals surface area (Å²) in [5.41, 5.74) is -0.126. The second-order valence-corrected chi connectivity index (χ2v) is 5.80. The SMILES string of the molecule is CCN1CCOC(CNCC(=O)NC(C)(C)CC)C1. The van der Waals surface area contributed by atoms with E-state index in [1.807, 2.05) is 13.8 Å². The van der Waals surface area contributed by atoms with Gasteiger partial charge in [0.25, 0.3) is 0 Å². The van der Waals surface area contributed by atoms with E-state index in [0.717, 1.165) is 39.2 Å². The number of carbonyl (C=O) groups is 1. The Balaban J connectivity index is 2.17. The van der Waals surface area contributed by atoms with E-state index < -0.39 is 0 Å². The number of amides is 1. The highest BCUT2D eigenvalue weighted by atomic mass is 16.5. The summed E-state index contributed by atoms with van der Waals surface area (Å²) in [5, 5.41) is 6.19. The third kappa shape index (κ3) is 6.36. The maximum atomic E-state index is 11.8. The van der Waals surface area contributed by atoms with Crippen molar-refractivity contribution in [1.82, 2.24) is 15.5 Å². The number of nitrogens with zero attached hydrogens (tertiary/aromatic N) is 1. The Morgan fingerprint density at radius 3 is 2.79 bits per heavy atom. The second-order valence-electron chi connectivity index (χ2n) is 5.80. The molecule has 5 nitrogen and oxygen atoms in total. The lowest BCUT2D eigenvalue weighted by molar-refractivity contribution is -0.122. The van der Waals surface area contributed by atoms with Gasteiger partial charge in [-0.05, 0) is 26.8 Å². The normalized spacial score (nSPS) is 21.4. The van der Waals surface area contributed by atoms with Gasteiger partial charge in [0.1, 0.15) is 0 Å². The van der Waals surface area contributed by atoms with Gasteiger partial charge >= 0.3 is 0 Å². The maximum Gasteiger partial charge on any atom is 0.234 e. The average Bonchev–Trinajstić information content (AvgIpc) is 2.38. The Labute approximate surface area is 117 Å². The van der Waals surface area contributed by atoms with Crippen molar-refractivity contribution in [2.45, 2.75) is 45.8 Å². The van der Waals surface area contributed by atoms with Gasteiger partial charge in [-0.1, -0.05) is 13.8 Å². The molecule has 1 amide bonds. The number of likely N-dealkylation sites (N-methyl/N-ethyl adjacent to an activating group) is 1. The number of ether oxygens (including phenoxy) is 1. The first kappa shape index (κ1) is 16.4. The molecule has 1 rings (SSSR count). The molecule has 1 atom stereocenters. The molecule has 1 aliphatic rings. The van der Waals surface area contributed by atoms with Gasteiger partial charge < -0.3 is 15.4 Å². The maximum absolute atomic E-state index is 11.8. The number of carbonyl (C=O) groups excluding carboxylic acids is 1. The highest BCUT2D eigenvalue weighted by molar-refractivity contribution is 5.78. The lowest BCUT2D eigenvalue weighted by Crippen LogP contribution is -2.50. The van der Waals surface area contributed by atoms with Crippen LogP contribution in [0.15, 0.2) is 0 Å². The summed E-state index contributed by atoms with van der Waals surface area (Å²) >= 11 is 0. The van der Waals surface area contributed by atoms with Crippen LogP contribution in [0, 0.1) is 0 Å². The van der Waals surface area contributed by atoms with Crippen molar-refractivity contribution >= 4 is 5.91 Å². The van der Waals surface area contributed by atoms with Crippen molar-refractivity contribution in [3.8, 4) is 0 Å². The topological polar surface area (TPSA) is 53.6 Å². The zero-order valence-electron chi connectivity index (χ0n) is 12.8. The standard InChI is InChI=1S/C14H29N3O2/c1-5-14(3,4)16-13(18)10-15-9-12-11-17(6-2)7-8-19-12/h12,15H,5-11H2,1-4H3,(H,16,18). The summed E-state index contributed by atoms with van der Waals surface area (Å²) in [5.74, 6) is 0.0509. The Morgan fingerprint density at radius 2 is 2.16 bits per heavy atom. The highest BCUT2D eigenvalue weighted by Crippen LogP contribution is 2.06. The van der Waals surface area contributed by atoms with Crippen molar-refractivity contribution in [2.75, 3.05) is 39.3 Å². The first-order chi connectivity index (χ1) is 8.96. The van der Waals surface area contributed by atoms with Gasteiger partial charge in [0, 0.05) is 25.2 Å². The number of hydrogen-bond donors (Lipinski definition) is 2. The van der Waals surface area contributed by atoms with Crippen LogP contribution >= 0.6 is 0 Å². The molecule has 1 saturated heterocycles. The molecule has 0 bridgehead atoms. The van der Waals surface area contributed by atoms with E-state index >= 15 is 0 Å². The van der Waals surface area contributed by atoms with E-state index in [-0.39, 0.29) is 17.6 Å². The predicted octanol–water partition coefficient (Wildman–Crippen LogP) is 0.602. The Hall–Kier alpha value is -0.650. The Bertz CT molecular complexity index is 282. The molecule has 1 heterocycles. The number of morpholine rings is 1. The van der Waals surface area contributed by atoms with E-state index in [2.05, 4.69) is 29.4 Å². The van der Waals surface area contributed by atoms with Crippen molar-refractivity contribution in [3.05, 3.63) is 0 Å². The molecule has 1 unspecified atom stereocenters. The van der Waals surface area contributed by atoms with Crippen molar-refractivity contribution in [1.29, 1.82) is 0 Å². The van der Waals surface area contributed by atoms with Gasteiger partial charge in [0.2, 0.25) is 5.91 Å². The Kier molecular flexibility index (Phi) is 6.75. The molecule has 0 aromatic carbocycles. The molecule has 0 aliphatic carbocycles. The molecule has 0 aromatic rings. The number of hydrogen-bond acceptors (Lipinski definition) is 4. The first-order valence-electron chi connectivity index (χ1n) is 7.32. The predicted molar refractivity (Wildman–Crippen MR) is 77.2 cm³/mol. The Morgan fingerprint density at radius 1 is 1.42 bits per heavy atom. The first-order valence-corrected chi connectivity index (χ1v) is 7.32. The lowest BCUT2D eigenvalue weighted by atomic mass is 10.0. The van der Waals surface area contributed by atoms with Gasteiger partial charge in [-0.15, -0.1) is 0 Å². The van der Waals surface area contributed by atoms with E-state index in [1.54, 1.807) is 0 Å². The van der Waals surface area contributed by atoms with Crippen LogP contribution in [-0.2, 0) is 9.53 Å². The van der Waals surface area contributed by atoms with E-state index in [0.29, 0.717) is 6.54 Å². The van der Waals surface area contributed by atoms with Crippen LogP contribution in [0.1, 0.15) is 34.1 Å².